The first-order valence-electron chi connectivity index (χ1n) is 5.38. The quantitative estimate of drug-likeness (QED) is 0.665. The van der Waals surface area contributed by atoms with Crippen molar-refractivity contribution in [1.82, 2.24) is 0 Å². The molecule has 1 nitrogen and oxygen atoms in total. The van der Waals surface area contributed by atoms with E-state index in [2.05, 4.69) is 19.9 Å². The van der Waals surface area contributed by atoms with Crippen LogP contribution in [0.25, 0.3) is 0 Å². The summed E-state index contributed by atoms with van der Waals surface area (Å²) in [6.45, 7) is 6.16. The second kappa shape index (κ2) is 4.94. The Kier molecular flexibility index (Phi) is 3.87. The van der Waals surface area contributed by atoms with Crippen LogP contribution >= 0.6 is 0 Å². The second-order valence-electron chi connectivity index (χ2n) is 3.43. The topological polar surface area (TPSA) is 17.1 Å². The van der Waals surface area contributed by atoms with Gasteiger partial charge < -0.3 is 0 Å². The molecule has 0 aliphatic carbocycles. The van der Waals surface area contributed by atoms with E-state index in [0.29, 0.717) is 6.42 Å². The van der Waals surface area contributed by atoms with Crippen LogP contribution in [0, 0.1) is 0 Å². The Morgan fingerprint density at radius 3 is 2.36 bits per heavy atom. The van der Waals surface area contributed by atoms with E-state index < -0.39 is 0 Å². The van der Waals surface area contributed by atoms with Crippen molar-refractivity contribution in [1.29, 1.82) is 0 Å². The maximum atomic E-state index is 11.7. The Balaban J connectivity index is 3.21. The van der Waals surface area contributed by atoms with Gasteiger partial charge in [-0.1, -0.05) is 39.0 Å². The summed E-state index contributed by atoms with van der Waals surface area (Å²) < 4.78 is 0. The van der Waals surface area contributed by atoms with E-state index in [0.717, 1.165) is 18.4 Å². The molecule has 0 N–H and O–H groups in total. The van der Waals surface area contributed by atoms with Gasteiger partial charge >= 0.3 is 0 Å². The van der Waals surface area contributed by atoms with Crippen LogP contribution < -0.4 is 0 Å². The van der Waals surface area contributed by atoms with Gasteiger partial charge in [-0.05, 0) is 24.0 Å². The maximum Gasteiger partial charge on any atom is 0.162 e. The molecule has 76 valence electrons. The van der Waals surface area contributed by atoms with Crippen molar-refractivity contribution >= 4 is 5.78 Å². The molecule has 0 amide bonds. The Hall–Kier alpha value is -1.11. The first-order chi connectivity index (χ1) is 6.74. The third-order valence-electron chi connectivity index (χ3n) is 2.63. The molecule has 1 heteroatoms. The predicted octanol–water partition coefficient (Wildman–Crippen LogP) is 3.40. The van der Waals surface area contributed by atoms with Gasteiger partial charge in [-0.2, -0.15) is 0 Å². The molecule has 0 saturated carbocycles. The lowest BCUT2D eigenvalue weighted by Gasteiger charge is -2.10. The van der Waals surface area contributed by atoms with Gasteiger partial charge in [-0.3, -0.25) is 4.79 Å². The number of Topliss-reactive ketones (excluding diaryl/α,β-unsaturated/α-hetero) is 1. The number of benzene rings is 1. The van der Waals surface area contributed by atoms with Gasteiger partial charge in [0.15, 0.2) is 5.78 Å². The van der Waals surface area contributed by atoms with E-state index in [1.54, 1.807) is 0 Å². The van der Waals surface area contributed by atoms with E-state index in [1.807, 2.05) is 19.1 Å². The zero-order chi connectivity index (χ0) is 10.6. The monoisotopic (exact) mass is 190 g/mol. The highest BCUT2D eigenvalue weighted by molar-refractivity contribution is 5.97. The highest BCUT2D eigenvalue weighted by Crippen LogP contribution is 2.17. The summed E-state index contributed by atoms with van der Waals surface area (Å²) in [7, 11) is 0. The van der Waals surface area contributed by atoms with Crippen molar-refractivity contribution in [2.24, 2.45) is 0 Å². The van der Waals surface area contributed by atoms with Gasteiger partial charge in [-0.25, -0.2) is 0 Å². The zero-order valence-corrected chi connectivity index (χ0v) is 9.26. The number of ketones is 1. The average molecular weight is 190 g/mol. The minimum absolute atomic E-state index is 0.261. The summed E-state index contributed by atoms with van der Waals surface area (Å²) in [5.74, 6) is 0.261. The van der Waals surface area contributed by atoms with Crippen LogP contribution in [0.2, 0.25) is 0 Å². The summed E-state index contributed by atoms with van der Waals surface area (Å²) in [4.78, 5) is 11.7. The fourth-order valence-electron chi connectivity index (χ4n) is 1.84. The number of hydrogen-bond donors (Lipinski definition) is 0. The fourth-order valence-corrected chi connectivity index (χ4v) is 1.84. The Bertz CT molecular complexity index is 326. The van der Waals surface area contributed by atoms with Gasteiger partial charge in [0, 0.05) is 12.0 Å². The molecule has 0 atom stereocenters. The largest absolute Gasteiger partial charge is 0.294 e. The van der Waals surface area contributed by atoms with Crippen molar-refractivity contribution < 1.29 is 4.79 Å². The van der Waals surface area contributed by atoms with Crippen LogP contribution in [-0.2, 0) is 12.8 Å². The van der Waals surface area contributed by atoms with Gasteiger partial charge in [0.2, 0.25) is 0 Å². The van der Waals surface area contributed by atoms with Crippen LogP contribution in [0.3, 0.4) is 0 Å². The third kappa shape index (κ3) is 2.03. The van der Waals surface area contributed by atoms with Crippen molar-refractivity contribution in [3.63, 3.8) is 0 Å². The lowest BCUT2D eigenvalue weighted by Crippen LogP contribution is -2.04. The predicted molar refractivity (Wildman–Crippen MR) is 59.8 cm³/mol. The molecule has 0 aliphatic rings. The number of rotatable bonds is 4. The number of hydrogen-bond acceptors (Lipinski definition) is 1. The van der Waals surface area contributed by atoms with Crippen molar-refractivity contribution in [3.05, 3.63) is 34.9 Å². The highest BCUT2D eigenvalue weighted by Gasteiger charge is 2.10. The molecule has 1 aromatic rings. The highest BCUT2D eigenvalue weighted by atomic mass is 16.1. The molecule has 0 bridgehead atoms. The second-order valence-corrected chi connectivity index (χ2v) is 3.43. The first kappa shape index (κ1) is 11.0. The van der Waals surface area contributed by atoms with Crippen LogP contribution in [0.4, 0.5) is 0 Å². The van der Waals surface area contributed by atoms with E-state index in [1.165, 1.54) is 11.1 Å². The molecular weight excluding hydrogens is 172 g/mol. The summed E-state index contributed by atoms with van der Waals surface area (Å²) in [5, 5.41) is 0. The lowest BCUT2D eigenvalue weighted by atomic mass is 9.94. The summed E-state index contributed by atoms with van der Waals surface area (Å²) >= 11 is 0. The number of aryl methyl sites for hydroxylation is 1. The van der Waals surface area contributed by atoms with Crippen LogP contribution in [0.5, 0.6) is 0 Å². The summed E-state index contributed by atoms with van der Waals surface area (Å²) in [6.07, 6.45) is 2.55. The van der Waals surface area contributed by atoms with E-state index in [9.17, 15) is 4.79 Å². The van der Waals surface area contributed by atoms with Gasteiger partial charge in [0.25, 0.3) is 0 Å². The fraction of sp³-hybridized carbons (Fsp3) is 0.462. The molecule has 0 saturated heterocycles. The molecule has 0 radical (unpaired) electrons. The number of carbonyl (C=O) groups is 1. The molecule has 1 aromatic carbocycles. The Labute approximate surface area is 86.1 Å². The lowest BCUT2D eigenvalue weighted by molar-refractivity contribution is 0.0987. The Morgan fingerprint density at radius 1 is 1.14 bits per heavy atom. The molecule has 0 aliphatic heterocycles. The molecule has 0 aromatic heterocycles. The molecule has 0 fully saturated rings. The summed E-state index contributed by atoms with van der Waals surface area (Å²) in [5.41, 5.74) is 3.48. The van der Waals surface area contributed by atoms with Gasteiger partial charge in [0.05, 0.1) is 0 Å². The SMILES string of the molecule is CCC(=O)c1cccc(CC)c1CC. The Morgan fingerprint density at radius 2 is 1.86 bits per heavy atom. The minimum atomic E-state index is 0.261. The van der Waals surface area contributed by atoms with E-state index in [-0.39, 0.29) is 5.78 Å². The van der Waals surface area contributed by atoms with Crippen molar-refractivity contribution in [2.75, 3.05) is 0 Å². The average Bonchev–Trinajstić information content (AvgIpc) is 2.26. The van der Waals surface area contributed by atoms with Crippen molar-refractivity contribution in [2.45, 2.75) is 40.0 Å². The zero-order valence-electron chi connectivity index (χ0n) is 9.26. The van der Waals surface area contributed by atoms with Crippen LogP contribution in [-0.4, -0.2) is 5.78 Å². The molecular formula is C13H18O. The van der Waals surface area contributed by atoms with E-state index in [4.69, 9.17) is 0 Å². The van der Waals surface area contributed by atoms with Crippen LogP contribution in [0.15, 0.2) is 18.2 Å². The van der Waals surface area contributed by atoms with Gasteiger partial charge in [-0.15, -0.1) is 0 Å². The standard InChI is InChI=1S/C13H18O/c1-4-10-8-7-9-12(11(10)5-2)13(14)6-3/h7-9H,4-6H2,1-3H3. The van der Waals surface area contributed by atoms with Gasteiger partial charge in [0.1, 0.15) is 0 Å². The minimum Gasteiger partial charge on any atom is -0.294 e. The third-order valence-corrected chi connectivity index (χ3v) is 2.63. The molecule has 0 unspecified atom stereocenters. The maximum absolute atomic E-state index is 11.7. The van der Waals surface area contributed by atoms with Crippen LogP contribution in [0.1, 0.15) is 48.7 Å². The molecule has 14 heavy (non-hydrogen) atoms. The molecule has 0 heterocycles. The number of carbonyl (C=O) groups excluding carboxylic acids is 1. The molecule has 0 spiro atoms. The summed E-state index contributed by atoms with van der Waals surface area (Å²) in [6, 6.07) is 6.05. The first-order valence-corrected chi connectivity index (χ1v) is 5.38. The smallest absolute Gasteiger partial charge is 0.162 e. The molecule has 1 rings (SSSR count). The van der Waals surface area contributed by atoms with Crippen molar-refractivity contribution in [3.8, 4) is 0 Å². The normalized spacial score (nSPS) is 10.2. The van der Waals surface area contributed by atoms with E-state index >= 15 is 0 Å².